The maximum Gasteiger partial charge on any atom is 0.265 e. The molecule has 1 atom stereocenters. The van der Waals surface area contributed by atoms with Crippen molar-refractivity contribution in [3.8, 4) is 5.75 Å². The molecule has 3 amide bonds. The van der Waals surface area contributed by atoms with Gasteiger partial charge in [-0.1, -0.05) is 24.3 Å². The highest BCUT2D eigenvalue weighted by molar-refractivity contribution is 7.93. The van der Waals surface area contributed by atoms with Crippen molar-refractivity contribution in [3.05, 3.63) is 78.4 Å². The third-order valence-electron chi connectivity index (χ3n) is 5.83. The quantitative estimate of drug-likeness (QED) is 0.384. The Bertz CT molecular complexity index is 1440. The molecular formula is C27H28N4O6S. The van der Waals surface area contributed by atoms with Crippen molar-refractivity contribution < 1.29 is 27.5 Å². The van der Waals surface area contributed by atoms with E-state index in [4.69, 9.17) is 4.74 Å². The number of hydrogen-bond donors (Lipinski definition) is 3. The topological polar surface area (TPSA) is 134 Å². The van der Waals surface area contributed by atoms with E-state index in [0.29, 0.717) is 29.3 Å². The molecule has 1 heterocycles. The molecule has 1 aliphatic heterocycles. The number of anilines is 3. The largest absolute Gasteiger partial charge is 0.494 e. The van der Waals surface area contributed by atoms with E-state index in [1.807, 2.05) is 6.92 Å². The number of benzene rings is 3. The fourth-order valence-electron chi connectivity index (χ4n) is 4.04. The van der Waals surface area contributed by atoms with E-state index >= 15 is 0 Å². The van der Waals surface area contributed by atoms with Crippen LogP contribution in [0.4, 0.5) is 17.1 Å². The number of rotatable bonds is 9. The minimum absolute atomic E-state index is 0.0505. The number of carbonyl (C=O) groups is 3. The molecule has 198 valence electrons. The van der Waals surface area contributed by atoms with Gasteiger partial charge >= 0.3 is 0 Å². The van der Waals surface area contributed by atoms with E-state index in [-0.39, 0.29) is 23.0 Å². The number of para-hydroxylation sites is 2. The summed E-state index contributed by atoms with van der Waals surface area (Å²) >= 11 is 0. The molecule has 0 saturated heterocycles. The number of sulfonamides is 1. The first-order valence-electron chi connectivity index (χ1n) is 12.0. The summed E-state index contributed by atoms with van der Waals surface area (Å²) in [7, 11) is -4.25. The van der Waals surface area contributed by atoms with Crippen LogP contribution in [0.3, 0.4) is 0 Å². The average molecular weight is 537 g/mol. The third kappa shape index (κ3) is 5.94. The van der Waals surface area contributed by atoms with Gasteiger partial charge in [0.05, 0.1) is 29.3 Å². The molecule has 0 saturated carbocycles. The lowest BCUT2D eigenvalue weighted by Gasteiger charge is -2.36. The number of fused-ring (bicyclic) bond motifs is 1. The van der Waals surface area contributed by atoms with Gasteiger partial charge in [0.15, 0.2) is 0 Å². The van der Waals surface area contributed by atoms with Crippen LogP contribution in [0.5, 0.6) is 5.75 Å². The Labute approximate surface area is 221 Å². The average Bonchev–Trinajstić information content (AvgIpc) is 2.89. The highest BCUT2D eigenvalue weighted by atomic mass is 32.2. The van der Waals surface area contributed by atoms with E-state index in [0.717, 1.165) is 4.31 Å². The van der Waals surface area contributed by atoms with E-state index in [2.05, 4.69) is 16.0 Å². The van der Waals surface area contributed by atoms with E-state index in [9.17, 15) is 22.8 Å². The van der Waals surface area contributed by atoms with Gasteiger partial charge in [-0.3, -0.25) is 18.7 Å². The molecule has 11 heteroatoms. The summed E-state index contributed by atoms with van der Waals surface area (Å²) in [6.45, 7) is 4.01. The SMILES string of the molecule is CCOc1ccc(NC(=O)C[C@H]2C(=O)Nc3ccccc3N2S(=O)(=O)c2ccc(CNC(C)=O)cc2)cc1. The van der Waals surface area contributed by atoms with Crippen molar-refractivity contribution in [2.75, 3.05) is 21.5 Å². The Kier molecular flexibility index (Phi) is 7.96. The number of nitrogens with zero attached hydrogens (tertiary/aromatic N) is 1. The van der Waals surface area contributed by atoms with Gasteiger partial charge < -0.3 is 20.7 Å². The molecule has 0 spiro atoms. The van der Waals surface area contributed by atoms with Gasteiger partial charge in [0.2, 0.25) is 17.7 Å². The molecule has 38 heavy (non-hydrogen) atoms. The summed E-state index contributed by atoms with van der Waals surface area (Å²) in [4.78, 5) is 37.2. The van der Waals surface area contributed by atoms with Crippen LogP contribution in [-0.4, -0.2) is 38.8 Å². The van der Waals surface area contributed by atoms with Crippen molar-refractivity contribution in [1.29, 1.82) is 0 Å². The summed E-state index contributed by atoms with van der Waals surface area (Å²) < 4.78 is 34.1. The molecule has 0 unspecified atom stereocenters. The predicted molar refractivity (Wildman–Crippen MR) is 143 cm³/mol. The molecule has 3 N–H and O–H groups in total. The van der Waals surface area contributed by atoms with Gasteiger partial charge in [0.1, 0.15) is 11.8 Å². The normalized spacial score (nSPS) is 14.7. The van der Waals surface area contributed by atoms with Crippen LogP contribution in [0.25, 0.3) is 0 Å². The van der Waals surface area contributed by atoms with Crippen molar-refractivity contribution in [1.82, 2.24) is 5.32 Å². The van der Waals surface area contributed by atoms with Gasteiger partial charge in [-0.05, 0) is 61.0 Å². The third-order valence-corrected chi connectivity index (χ3v) is 7.67. The molecule has 0 bridgehead atoms. The summed E-state index contributed by atoms with van der Waals surface area (Å²) in [6.07, 6.45) is -0.409. The first-order chi connectivity index (χ1) is 18.2. The predicted octanol–water partition coefficient (Wildman–Crippen LogP) is 3.27. The van der Waals surface area contributed by atoms with Crippen LogP contribution < -0.4 is 25.0 Å². The van der Waals surface area contributed by atoms with Crippen LogP contribution in [-0.2, 0) is 31.0 Å². The van der Waals surface area contributed by atoms with Crippen LogP contribution >= 0.6 is 0 Å². The second-order valence-corrected chi connectivity index (χ2v) is 10.4. The van der Waals surface area contributed by atoms with Crippen LogP contribution in [0.1, 0.15) is 25.8 Å². The van der Waals surface area contributed by atoms with Crippen LogP contribution in [0.2, 0.25) is 0 Å². The smallest absolute Gasteiger partial charge is 0.265 e. The Morgan fingerprint density at radius 3 is 2.34 bits per heavy atom. The second kappa shape index (κ2) is 11.3. The number of nitrogens with one attached hydrogen (secondary N) is 3. The van der Waals surface area contributed by atoms with Gasteiger partial charge in [-0.2, -0.15) is 0 Å². The van der Waals surface area contributed by atoms with Crippen molar-refractivity contribution in [2.24, 2.45) is 0 Å². The highest BCUT2D eigenvalue weighted by Crippen LogP contribution is 2.37. The number of carbonyl (C=O) groups excluding carboxylic acids is 3. The van der Waals surface area contributed by atoms with E-state index in [1.54, 1.807) is 60.7 Å². The molecule has 1 aliphatic rings. The summed E-state index contributed by atoms with van der Waals surface area (Å²) in [5.74, 6) is -0.700. The lowest BCUT2D eigenvalue weighted by atomic mass is 10.1. The monoisotopic (exact) mass is 536 g/mol. The summed E-state index contributed by atoms with van der Waals surface area (Å²) in [6, 6.07) is 17.9. The fraction of sp³-hybridized carbons (Fsp3) is 0.222. The zero-order valence-electron chi connectivity index (χ0n) is 20.9. The minimum Gasteiger partial charge on any atom is -0.494 e. The number of ether oxygens (including phenoxy) is 1. The van der Waals surface area contributed by atoms with Gasteiger partial charge in [-0.25, -0.2) is 8.42 Å². The molecule has 3 aromatic rings. The van der Waals surface area contributed by atoms with Gasteiger partial charge in [0.25, 0.3) is 10.0 Å². The zero-order chi connectivity index (χ0) is 27.3. The molecule has 0 fully saturated rings. The molecule has 4 rings (SSSR count). The molecule has 0 aliphatic carbocycles. The zero-order valence-corrected chi connectivity index (χ0v) is 21.7. The molecule has 10 nitrogen and oxygen atoms in total. The van der Waals surface area contributed by atoms with Gasteiger partial charge in [-0.15, -0.1) is 0 Å². The lowest BCUT2D eigenvalue weighted by Crippen LogP contribution is -2.52. The minimum atomic E-state index is -4.25. The lowest BCUT2D eigenvalue weighted by molar-refractivity contribution is -0.122. The van der Waals surface area contributed by atoms with Crippen LogP contribution in [0, 0.1) is 0 Å². The number of amides is 3. The maximum atomic E-state index is 13.9. The maximum absolute atomic E-state index is 13.9. The van der Waals surface area contributed by atoms with E-state index in [1.165, 1.54) is 19.1 Å². The van der Waals surface area contributed by atoms with Crippen LogP contribution in [0.15, 0.2) is 77.7 Å². The summed E-state index contributed by atoms with van der Waals surface area (Å²) in [5.41, 5.74) is 1.78. The molecule has 0 aromatic heterocycles. The second-order valence-electron chi connectivity index (χ2n) is 8.59. The Morgan fingerprint density at radius 1 is 1.00 bits per heavy atom. The highest BCUT2D eigenvalue weighted by Gasteiger charge is 2.42. The van der Waals surface area contributed by atoms with E-state index < -0.39 is 34.3 Å². The molecule has 3 aromatic carbocycles. The Morgan fingerprint density at radius 2 is 1.68 bits per heavy atom. The Balaban J connectivity index is 1.61. The van der Waals surface area contributed by atoms with Crippen molar-refractivity contribution >= 4 is 44.8 Å². The molecular weight excluding hydrogens is 508 g/mol. The Hall–Kier alpha value is -4.38. The number of hydrogen-bond acceptors (Lipinski definition) is 6. The fourth-order valence-corrected chi connectivity index (χ4v) is 5.67. The first-order valence-corrected chi connectivity index (χ1v) is 13.4. The standard InChI is InChI=1S/C27H28N4O6S/c1-3-37-21-12-10-20(11-13-21)29-26(33)16-25-27(34)30-23-6-4-5-7-24(23)31(25)38(35,36)22-14-8-19(9-15-22)17-28-18(2)32/h4-15,25H,3,16-17H2,1-2H3,(H,28,32)(H,29,33)(H,30,34)/t25-/m0/s1. The van der Waals surface area contributed by atoms with Crippen molar-refractivity contribution in [2.45, 2.75) is 37.8 Å². The first kappa shape index (κ1) is 26.7. The summed E-state index contributed by atoms with van der Waals surface area (Å²) in [5, 5.41) is 8.08. The molecule has 0 radical (unpaired) electrons. The van der Waals surface area contributed by atoms with Crippen molar-refractivity contribution in [3.63, 3.8) is 0 Å². The van der Waals surface area contributed by atoms with Gasteiger partial charge in [0, 0.05) is 19.2 Å².